The van der Waals surface area contributed by atoms with Gasteiger partial charge in [0.15, 0.2) is 0 Å². The van der Waals surface area contributed by atoms with Gasteiger partial charge in [-0.1, -0.05) is 12.1 Å². The molecular formula is C13H14N2O2S. The molecule has 1 aromatic heterocycles. The highest BCUT2D eigenvalue weighted by Gasteiger charge is 2.16. The van der Waals surface area contributed by atoms with Gasteiger partial charge in [0.25, 0.3) is 5.69 Å². The molecule has 0 amide bonds. The third kappa shape index (κ3) is 2.68. The van der Waals surface area contributed by atoms with Crippen molar-refractivity contribution in [2.45, 2.75) is 19.9 Å². The van der Waals surface area contributed by atoms with E-state index in [1.807, 2.05) is 37.4 Å². The molecule has 0 aliphatic heterocycles. The first-order chi connectivity index (χ1) is 8.58. The van der Waals surface area contributed by atoms with Crippen molar-refractivity contribution < 1.29 is 4.92 Å². The molecule has 2 aromatic rings. The highest BCUT2D eigenvalue weighted by atomic mass is 32.1. The topological polar surface area (TPSA) is 55.2 Å². The molecule has 4 nitrogen and oxygen atoms in total. The largest absolute Gasteiger partial charge is 0.372 e. The number of hydrogen-bond donors (Lipinski definition) is 1. The van der Waals surface area contributed by atoms with Crippen molar-refractivity contribution in [3.8, 4) is 0 Å². The van der Waals surface area contributed by atoms with E-state index < -0.39 is 0 Å². The summed E-state index contributed by atoms with van der Waals surface area (Å²) in [6.45, 7) is 3.84. The summed E-state index contributed by atoms with van der Waals surface area (Å²) in [6.07, 6.45) is 0. The van der Waals surface area contributed by atoms with Crippen LogP contribution in [0.15, 0.2) is 35.7 Å². The van der Waals surface area contributed by atoms with Crippen molar-refractivity contribution >= 4 is 22.7 Å². The Labute approximate surface area is 109 Å². The molecule has 1 unspecified atom stereocenters. The van der Waals surface area contributed by atoms with Gasteiger partial charge in [0.1, 0.15) is 5.69 Å². The van der Waals surface area contributed by atoms with Gasteiger partial charge in [-0.25, -0.2) is 0 Å². The normalized spacial score (nSPS) is 12.1. The summed E-state index contributed by atoms with van der Waals surface area (Å²) in [4.78, 5) is 11.8. The fourth-order valence-corrected chi connectivity index (χ4v) is 2.49. The molecule has 1 heterocycles. The molecule has 2 rings (SSSR count). The Hall–Kier alpha value is -1.88. The fourth-order valence-electron chi connectivity index (χ4n) is 1.76. The first kappa shape index (κ1) is 12.6. The van der Waals surface area contributed by atoms with Gasteiger partial charge < -0.3 is 5.32 Å². The van der Waals surface area contributed by atoms with Crippen molar-refractivity contribution in [2.75, 3.05) is 5.32 Å². The molecule has 0 aliphatic rings. The number of nitro benzene ring substituents is 1. The molecule has 0 radical (unpaired) electrons. The molecule has 5 heteroatoms. The molecule has 94 valence electrons. The number of hydrogen-bond acceptors (Lipinski definition) is 4. The van der Waals surface area contributed by atoms with Crippen LogP contribution in [-0.4, -0.2) is 4.92 Å². The summed E-state index contributed by atoms with van der Waals surface area (Å²) in [5.74, 6) is 0. The van der Waals surface area contributed by atoms with Crippen LogP contribution in [0.2, 0.25) is 0 Å². The van der Waals surface area contributed by atoms with Crippen molar-refractivity contribution in [3.63, 3.8) is 0 Å². The zero-order chi connectivity index (χ0) is 13.1. The van der Waals surface area contributed by atoms with E-state index in [1.165, 1.54) is 0 Å². The molecule has 0 spiro atoms. The lowest BCUT2D eigenvalue weighted by Crippen LogP contribution is -2.07. The predicted octanol–water partition coefficient (Wildman–Crippen LogP) is 4.14. The number of aryl methyl sites for hydroxylation is 1. The average molecular weight is 262 g/mol. The zero-order valence-corrected chi connectivity index (χ0v) is 11.0. The fraction of sp³-hybridized carbons (Fsp3) is 0.231. The Kier molecular flexibility index (Phi) is 3.62. The SMILES string of the molecule is Cc1ccc(NC(C)c2cccs2)c([N+](=O)[O-])c1. The second kappa shape index (κ2) is 5.18. The number of rotatable bonds is 4. The van der Waals surface area contributed by atoms with Gasteiger partial charge in [-0.05, 0) is 36.9 Å². The van der Waals surface area contributed by atoms with Crippen molar-refractivity contribution in [3.05, 3.63) is 56.3 Å². The molecular weight excluding hydrogens is 248 g/mol. The van der Waals surface area contributed by atoms with Crippen LogP contribution < -0.4 is 5.32 Å². The molecule has 0 aliphatic carbocycles. The van der Waals surface area contributed by atoms with Gasteiger partial charge in [-0.3, -0.25) is 10.1 Å². The Balaban J connectivity index is 2.26. The first-order valence-corrected chi connectivity index (χ1v) is 6.51. The third-order valence-corrected chi connectivity index (χ3v) is 3.75. The van der Waals surface area contributed by atoms with Crippen LogP contribution >= 0.6 is 11.3 Å². The molecule has 0 saturated heterocycles. The highest BCUT2D eigenvalue weighted by Crippen LogP contribution is 2.30. The van der Waals surface area contributed by atoms with Gasteiger partial charge in [0, 0.05) is 10.9 Å². The minimum atomic E-state index is -0.351. The van der Waals surface area contributed by atoms with E-state index in [-0.39, 0.29) is 16.7 Å². The van der Waals surface area contributed by atoms with Crippen LogP contribution in [0.25, 0.3) is 0 Å². The summed E-state index contributed by atoms with van der Waals surface area (Å²) < 4.78 is 0. The zero-order valence-electron chi connectivity index (χ0n) is 10.2. The molecule has 1 aromatic carbocycles. The maximum absolute atomic E-state index is 11.0. The van der Waals surface area contributed by atoms with E-state index in [0.29, 0.717) is 5.69 Å². The average Bonchev–Trinajstić information content (AvgIpc) is 2.84. The van der Waals surface area contributed by atoms with Crippen molar-refractivity contribution in [2.24, 2.45) is 0 Å². The summed E-state index contributed by atoms with van der Waals surface area (Å²) in [5, 5.41) is 16.2. The smallest absolute Gasteiger partial charge is 0.292 e. The number of nitrogens with zero attached hydrogens (tertiary/aromatic N) is 1. The van der Waals surface area contributed by atoms with Gasteiger partial charge >= 0.3 is 0 Å². The van der Waals surface area contributed by atoms with Crippen molar-refractivity contribution in [1.82, 2.24) is 0 Å². The second-order valence-electron chi connectivity index (χ2n) is 4.16. The van der Waals surface area contributed by atoms with Crippen LogP contribution in [0.4, 0.5) is 11.4 Å². The van der Waals surface area contributed by atoms with Crippen LogP contribution in [0, 0.1) is 17.0 Å². The molecule has 1 N–H and O–H groups in total. The van der Waals surface area contributed by atoms with Crippen molar-refractivity contribution in [1.29, 1.82) is 0 Å². The maximum atomic E-state index is 11.0. The van der Waals surface area contributed by atoms with Gasteiger partial charge in [0.05, 0.1) is 11.0 Å². The number of anilines is 1. The van der Waals surface area contributed by atoms with Crippen LogP contribution in [0.5, 0.6) is 0 Å². The minimum Gasteiger partial charge on any atom is -0.372 e. The summed E-state index contributed by atoms with van der Waals surface area (Å²) >= 11 is 1.64. The molecule has 1 atom stereocenters. The maximum Gasteiger partial charge on any atom is 0.292 e. The number of nitrogens with one attached hydrogen (secondary N) is 1. The Bertz CT molecular complexity index is 552. The standard InChI is InChI=1S/C13H14N2O2S/c1-9-5-6-11(12(8-9)15(16)17)14-10(2)13-4-3-7-18-13/h3-8,10,14H,1-2H3. The Morgan fingerprint density at radius 2 is 2.17 bits per heavy atom. The molecule has 0 fully saturated rings. The number of thiophene rings is 1. The summed E-state index contributed by atoms with van der Waals surface area (Å²) in [7, 11) is 0. The minimum absolute atomic E-state index is 0.0615. The van der Waals surface area contributed by atoms with E-state index >= 15 is 0 Å². The lowest BCUT2D eigenvalue weighted by molar-refractivity contribution is -0.384. The van der Waals surface area contributed by atoms with E-state index in [2.05, 4.69) is 5.32 Å². The van der Waals surface area contributed by atoms with Crippen LogP contribution in [-0.2, 0) is 0 Å². The number of nitro groups is 1. The summed E-state index contributed by atoms with van der Waals surface area (Å²) in [5.41, 5.74) is 1.57. The Morgan fingerprint density at radius 1 is 1.39 bits per heavy atom. The summed E-state index contributed by atoms with van der Waals surface area (Å²) in [6, 6.07) is 9.27. The van der Waals surface area contributed by atoms with Crippen LogP contribution in [0.3, 0.4) is 0 Å². The second-order valence-corrected chi connectivity index (χ2v) is 5.14. The third-order valence-electron chi connectivity index (χ3n) is 2.69. The lowest BCUT2D eigenvalue weighted by atomic mass is 10.1. The molecule has 18 heavy (non-hydrogen) atoms. The number of benzene rings is 1. The first-order valence-electron chi connectivity index (χ1n) is 5.63. The van der Waals surface area contributed by atoms with E-state index in [1.54, 1.807) is 23.5 Å². The monoisotopic (exact) mass is 262 g/mol. The van der Waals surface area contributed by atoms with E-state index in [4.69, 9.17) is 0 Å². The van der Waals surface area contributed by atoms with Crippen LogP contribution in [0.1, 0.15) is 23.4 Å². The predicted molar refractivity (Wildman–Crippen MR) is 74.2 cm³/mol. The highest BCUT2D eigenvalue weighted by molar-refractivity contribution is 7.10. The Morgan fingerprint density at radius 3 is 2.78 bits per heavy atom. The lowest BCUT2D eigenvalue weighted by Gasteiger charge is -2.14. The van der Waals surface area contributed by atoms with E-state index in [0.717, 1.165) is 10.4 Å². The quantitative estimate of drug-likeness (QED) is 0.665. The van der Waals surface area contributed by atoms with Gasteiger partial charge in [0.2, 0.25) is 0 Å². The molecule has 0 bridgehead atoms. The van der Waals surface area contributed by atoms with E-state index in [9.17, 15) is 10.1 Å². The van der Waals surface area contributed by atoms with Gasteiger partial charge in [-0.15, -0.1) is 11.3 Å². The molecule has 0 saturated carbocycles. The van der Waals surface area contributed by atoms with Gasteiger partial charge in [-0.2, -0.15) is 0 Å².